The van der Waals surface area contributed by atoms with Gasteiger partial charge in [0.1, 0.15) is 6.04 Å². The van der Waals surface area contributed by atoms with Gasteiger partial charge in [0.15, 0.2) is 0 Å². The third kappa shape index (κ3) is 5.08. The molecule has 0 saturated heterocycles. The lowest BCUT2D eigenvalue weighted by Gasteiger charge is -2.26. The molecule has 2 rings (SSSR count). The second-order valence-electron chi connectivity index (χ2n) is 6.41. The molecule has 7 nitrogen and oxygen atoms in total. The van der Waals surface area contributed by atoms with Crippen LogP contribution in [0.25, 0.3) is 5.69 Å². The highest BCUT2D eigenvalue weighted by molar-refractivity contribution is 5.85. The lowest BCUT2D eigenvalue weighted by atomic mass is 10.0. The van der Waals surface area contributed by atoms with Gasteiger partial charge in [0.05, 0.1) is 18.5 Å². The number of alkyl carbamates (subject to hydrolysis) is 1. The monoisotopic (exact) mass is 358 g/mol. The van der Waals surface area contributed by atoms with Gasteiger partial charge in [-0.3, -0.25) is 4.79 Å². The lowest BCUT2D eigenvalue weighted by molar-refractivity contribution is -0.133. The Labute approximate surface area is 153 Å². The van der Waals surface area contributed by atoms with Gasteiger partial charge in [-0.2, -0.15) is 5.10 Å². The molecule has 0 unspecified atom stereocenters. The van der Waals surface area contributed by atoms with E-state index in [1.165, 1.54) is 0 Å². The number of ether oxygens (including phenoxy) is 1. The fraction of sp³-hybridized carbons (Fsp3) is 0.421. The summed E-state index contributed by atoms with van der Waals surface area (Å²) in [5.74, 6) is -0.220. The molecule has 1 heterocycles. The molecule has 2 amide bonds. The molecule has 0 aliphatic rings. The maximum atomic E-state index is 12.7. The molecule has 0 spiro atoms. The summed E-state index contributed by atoms with van der Waals surface area (Å²) in [5, 5.41) is 6.98. The predicted molar refractivity (Wildman–Crippen MR) is 98.8 cm³/mol. The van der Waals surface area contributed by atoms with Gasteiger partial charge < -0.3 is 15.0 Å². The van der Waals surface area contributed by atoms with Gasteiger partial charge in [-0.25, -0.2) is 9.48 Å². The molecular weight excluding hydrogens is 332 g/mol. The summed E-state index contributed by atoms with van der Waals surface area (Å²) in [6, 6.07) is 9.13. The zero-order valence-corrected chi connectivity index (χ0v) is 15.7. The summed E-state index contributed by atoms with van der Waals surface area (Å²) in [5.41, 5.74) is 1.86. The van der Waals surface area contributed by atoms with Crippen LogP contribution in [0.1, 0.15) is 26.3 Å². The molecule has 7 heteroatoms. The predicted octanol–water partition coefficient (Wildman–Crippen LogP) is 2.60. The zero-order valence-electron chi connectivity index (χ0n) is 15.7. The van der Waals surface area contributed by atoms with Crippen molar-refractivity contribution in [2.75, 3.05) is 13.7 Å². The number of nitrogens with zero attached hydrogens (tertiary/aromatic N) is 3. The van der Waals surface area contributed by atoms with E-state index in [-0.39, 0.29) is 18.4 Å². The van der Waals surface area contributed by atoms with E-state index < -0.39 is 12.1 Å². The van der Waals surface area contributed by atoms with E-state index in [1.54, 1.807) is 29.7 Å². The van der Waals surface area contributed by atoms with Crippen molar-refractivity contribution < 1.29 is 14.3 Å². The molecule has 0 aliphatic carbocycles. The molecule has 26 heavy (non-hydrogen) atoms. The van der Waals surface area contributed by atoms with E-state index in [0.717, 1.165) is 11.3 Å². The van der Waals surface area contributed by atoms with Crippen LogP contribution in [0.4, 0.5) is 4.79 Å². The van der Waals surface area contributed by atoms with E-state index in [4.69, 9.17) is 4.74 Å². The van der Waals surface area contributed by atoms with Gasteiger partial charge in [0.2, 0.25) is 5.91 Å². The van der Waals surface area contributed by atoms with Gasteiger partial charge in [0, 0.05) is 25.4 Å². The van der Waals surface area contributed by atoms with Crippen molar-refractivity contribution >= 4 is 12.0 Å². The van der Waals surface area contributed by atoms with Gasteiger partial charge in [0.25, 0.3) is 0 Å². The molecule has 1 atom stereocenters. The largest absolute Gasteiger partial charge is 0.450 e. The molecule has 0 aliphatic heterocycles. The van der Waals surface area contributed by atoms with Crippen LogP contribution >= 0.6 is 0 Å². The van der Waals surface area contributed by atoms with E-state index in [2.05, 4.69) is 10.4 Å². The molecule has 0 radical (unpaired) electrons. The Balaban J connectivity index is 2.03. The Kier molecular flexibility index (Phi) is 6.77. The van der Waals surface area contributed by atoms with E-state index >= 15 is 0 Å². The van der Waals surface area contributed by atoms with Crippen LogP contribution < -0.4 is 5.32 Å². The van der Waals surface area contributed by atoms with Crippen LogP contribution in [0.5, 0.6) is 0 Å². The number of rotatable bonds is 7. The van der Waals surface area contributed by atoms with Crippen LogP contribution in [0.2, 0.25) is 0 Å². The van der Waals surface area contributed by atoms with Gasteiger partial charge in [-0.1, -0.05) is 32.0 Å². The summed E-state index contributed by atoms with van der Waals surface area (Å²) < 4.78 is 6.66. The topological polar surface area (TPSA) is 76.5 Å². The van der Waals surface area contributed by atoms with Crippen LogP contribution in [0, 0.1) is 5.92 Å². The van der Waals surface area contributed by atoms with Crippen molar-refractivity contribution in [1.82, 2.24) is 20.0 Å². The second kappa shape index (κ2) is 9.03. The molecule has 1 aromatic heterocycles. The SMILES string of the molecule is CCOC(=O)N[C@H](C(=O)N(C)Cc1cnn(-c2ccccc2)c1)C(C)C. The van der Waals surface area contributed by atoms with E-state index in [9.17, 15) is 9.59 Å². The van der Waals surface area contributed by atoms with Crippen molar-refractivity contribution in [2.45, 2.75) is 33.4 Å². The minimum Gasteiger partial charge on any atom is -0.450 e. The van der Waals surface area contributed by atoms with Crippen molar-refractivity contribution in [3.8, 4) is 5.69 Å². The van der Waals surface area contributed by atoms with E-state index in [1.807, 2.05) is 50.4 Å². The summed E-state index contributed by atoms with van der Waals surface area (Å²) in [7, 11) is 1.71. The van der Waals surface area contributed by atoms with E-state index in [0.29, 0.717) is 6.54 Å². The minimum absolute atomic E-state index is 0.0543. The van der Waals surface area contributed by atoms with Crippen LogP contribution in [-0.2, 0) is 16.1 Å². The first-order valence-corrected chi connectivity index (χ1v) is 8.69. The molecule has 1 aromatic carbocycles. The highest BCUT2D eigenvalue weighted by atomic mass is 16.5. The molecule has 0 bridgehead atoms. The number of benzene rings is 1. The Morgan fingerprint density at radius 1 is 1.27 bits per heavy atom. The quantitative estimate of drug-likeness (QED) is 0.825. The fourth-order valence-electron chi connectivity index (χ4n) is 2.57. The number of aromatic nitrogens is 2. The van der Waals surface area contributed by atoms with Crippen LogP contribution in [0.15, 0.2) is 42.7 Å². The molecule has 0 saturated carbocycles. The smallest absolute Gasteiger partial charge is 0.407 e. The standard InChI is InChI=1S/C19H26N4O3/c1-5-26-19(25)21-17(14(2)3)18(24)22(4)12-15-11-20-23(13-15)16-9-7-6-8-10-16/h6-11,13-14,17H,5,12H2,1-4H3,(H,21,25)/t17-/m0/s1. The Bertz CT molecular complexity index is 727. The summed E-state index contributed by atoms with van der Waals surface area (Å²) >= 11 is 0. The summed E-state index contributed by atoms with van der Waals surface area (Å²) in [6.07, 6.45) is 3.05. The maximum absolute atomic E-state index is 12.7. The fourth-order valence-corrected chi connectivity index (χ4v) is 2.57. The highest BCUT2D eigenvalue weighted by Gasteiger charge is 2.27. The molecular formula is C19H26N4O3. The van der Waals surface area contributed by atoms with Gasteiger partial charge >= 0.3 is 6.09 Å². The number of hydrogen-bond acceptors (Lipinski definition) is 4. The van der Waals surface area contributed by atoms with Crippen molar-refractivity contribution in [2.24, 2.45) is 5.92 Å². The van der Waals surface area contributed by atoms with Crippen molar-refractivity contribution in [3.05, 3.63) is 48.3 Å². The first-order valence-electron chi connectivity index (χ1n) is 8.69. The van der Waals surface area contributed by atoms with Gasteiger partial charge in [-0.15, -0.1) is 0 Å². The number of para-hydroxylation sites is 1. The molecule has 2 aromatic rings. The first-order chi connectivity index (χ1) is 12.4. The average Bonchev–Trinajstić information content (AvgIpc) is 3.08. The number of carbonyl (C=O) groups is 2. The zero-order chi connectivity index (χ0) is 19.1. The third-order valence-corrected chi connectivity index (χ3v) is 3.93. The number of likely N-dealkylation sites (N-methyl/N-ethyl adjacent to an activating group) is 1. The van der Waals surface area contributed by atoms with Crippen LogP contribution in [-0.4, -0.2) is 46.4 Å². The minimum atomic E-state index is -0.636. The summed E-state index contributed by atoms with van der Waals surface area (Å²) in [4.78, 5) is 26.0. The Hall–Kier alpha value is -2.83. The van der Waals surface area contributed by atoms with Crippen molar-refractivity contribution in [1.29, 1.82) is 0 Å². The van der Waals surface area contributed by atoms with Crippen LogP contribution in [0.3, 0.4) is 0 Å². The lowest BCUT2D eigenvalue weighted by Crippen LogP contribution is -2.50. The first kappa shape index (κ1) is 19.5. The highest BCUT2D eigenvalue weighted by Crippen LogP contribution is 2.12. The summed E-state index contributed by atoms with van der Waals surface area (Å²) in [6.45, 7) is 6.16. The number of nitrogens with one attached hydrogen (secondary N) is 1. The number of hydrogen-bond donors (Lipinski definition) is 1. The Morgan fingerprint density at radius 2 is 1.96 bits per heavy atom. The van der Waals surface area contributed by atoms with Gasteiger partial charge in [-0.05, 0) is 25.0 Å². The molecule has 0 fully saturated rings. The van der Waals surface area contributed by atoms with Crippen molar-refractivity contribution in [3.63, 3.8) is 0 Å². The Morgan fingerprint density at radius 3 is 2.58 bits per heavy atom. The molecule has 1 N–H and O–H groups in total. The molecule has 140 valence electrons. The second-order valence-corrected chi connectivity index (χ2v) is 6.41. The average molecular weight is 358 g/mol. The normalized spacial score (nSPS) is 11.9. The number of carbonyl (C=O) groups excluding carboxylic acids is 2. The third-order valence-electron chi connectivity index (χ3n) is 3.93. The maximum Gasteiger partial charge on any atom is 0.407 e. The number of amides is 2.